The van der Waals surface area contributed by atoms with E-state index in [1.807, 2.05) is 37.3 Å². The van der Waals surface area contributed by atoms with Crippen LogP contribution in [0.4, 0.5) is 0 Å². The number of hydrogen-bond acceptors (Lipinski definition) is 4. The fourth-order valence-corrected chi connectivity index (χ4v) is 3.86. The third kappa shape index (κ3) is 3.50. The highest BCUT2D eigenvalue weighted by atomic mass is 79.9. The molecule has 3 rings (SSSR count). The smallest absolute Gasteiger partial charge is 0.268 e. The molecular formula is C18H12BrNO2S2. The normalized spacial score (nSPS) is 16.1. The lowest BCUT2D eigenvalue weighted by atomic mass is 10.1. The van der Waals surface area contributed by atoms with E-state index in [2.05, 4.69) is 15.9 Å². The van der Waals surface area contributed by atoms with E-state index in [1.165, 1.54) is 0 Å². The molecule has 2 aromatic carbocycles. The van der Waals surface area contributed by atoms with Crippen LogP contribution in [0.15, 0.2) is 57.9 Å². The molecule has 0 atom stereocenters. The number of carbonyl (C=O) groups excluding carboxylic acids is 2. The van der Waals surface area contributed by atoms with Gasteiger partial charge in [-0.3, -0.25) is 9.59 Å². The largest absolute Gasteiger partial charge is 0.273 e. The summed E-state index contributed by atoms with van der Waals surface area (Å²) in [5.41, 5.74) is 2.46. The lowest BCUT2D eigenvalue weighted by molar-refractivity contribution is -0.120. The summed E-state index contributed by atoms with van der Waals surface area (Å²) in [5.74, 6) is -0.790. The number of hydrogen-bond donors (Lipinski definition) is 0. The number of amides is 2. The molecule has 0 saturated carbocycles. The molecule has 0 unspecified atom stereocenters. The van der Waals surface area contributed by atoms with Crippen molar-refractivity contribution in [1.82, 2.24) is 4.90 Å². The summed E-state index contributed by atoms with van der Waals surface area (Å²) >= 11 is 9.71. The summed E-state index contributed by atoms with van der Waals surface area (Å²) in [5, 5.41) is 0. The first kappa shape index (κ1) is 17.1. The van der Waals surface area contributed by atoms with E-state index in [9.17, 15) is 9.59 Å². The van der Waals surface area contributed by atoms with Crippen molar-refractivity contribution < 1.29 is 9.59 Å². The number of nitrogens with zero attached hydrogens (tertiary/aromatic N) is 1. The van der Waals surface area contributed by atoms with E-state index < -0.39 is 5.91 Å². The Morgan fingerprint density at radius 2 is 1.92 bits per heavy atom. The molecule has 0 aromatic heterocycles. The molecule has 2 aromatic rings. The maximum atomic E-state index is 12.6. The number of benzene rings is 2. The SMILES string of the molecule is Cc1ccc(C=C2SC(=S)N(C(=O)c3cccc(Br)c3)C2=O)cc1. The Hall–Kier alpha value is -1.76. The molecule has 1 fully saturated rings. The Morgan fingerprint density at radius 1 is 1.21 bits per heavy atom. The highest BCUT2D eigenvalue weighted by Crippen LogP contribution is 2.33. The minimum atomic E-state index is -0.411. The van der Waals surface area contributed by atoms with Crippen LogP contribution in [0.5, 0.6) is 0 Å². The van der Waals surface area contributed by atoms with Crippen LogP contribution in [0.25, 0.3) is 6.08 Å². The molecule has 1 saturated heterocycles. The van der Waals surface area contributed by atoms with Gasteiger partial charge in [0.1, 0.15) is 0 Å². The Kier molecular flexibility index (Phi) is 4.99. The van der Waals surface area contributed by atoms with E-state index in [1.54, 1.807) is 24.3 Å². The van der Waals surface area contributed by atoms with Gasteiger partial charge in [0, 0.05) is 10.0 Å². The molecule has 0 aliphatic carbocycles. The van der Waals surface area contributed by atoms with E-state index in [0.717, 1.165) is 32.3 Å². The molecule has 2 amide bonds. The molecule has 0 spiro atoms. The topological polar surface area (TPSA) is 37.4 Å². The van der Waals surface area contributed by atoms with E-state index in [0.29, 0.717) is 10.5 Å². The monoisotopic (exact) mass is 417 g/mol. The molecule has 3 nitrogen and oxygen atoms in total. The fraction of sp³-hybridized carbons (Fsp3) is 0.0556. The first-order valence-electron chi connectivity index (χ1n) is 7.10. The van der Waals surface area contributed by atoms with Crippen LogP contribution in [-0.4, -0.2) is 21.0 Å². The summed E-state index contributed by atoms with van der Waals surface area (Å²) in [6, 6.07) is 14.7. The Morgan fingerprint density at radius 3 is 2.58 bits per heavy atom. The predicted molar refractivity (Wildman–Crippen MR) is 105 cm³/mol. The summed E-state index contributed by atoms with van der Waals surface area (Å²) in [6.07, 6.45) is 1.76. The Bertz CT molecular complexity index is 875. The molecule has 1 aliphatic heterocycles. The first-order valence-corrected chi connectivity index (χ1v) is 9.12. The molecule has 1 aliphatic rings. The second-order valence-electron chi connectivity index (χ2n) is 5.24. The summed E-state index contributed by atoms with van der Waals surface area (Å²) < 4.78 is 1.03. The van der Waals surface area contributed by atoms with Crippen LogP contribution in [-0.2, 0) is 4.79 Å². The fourth-order valence-electron chi connectivity index (χ4n) is 2.21. The second-order valence-corrected chi connectivity index (χ2v) is 7.83. The number of rotatable bonds is 2. The van der Waals surface area contributed by atoms with Gasteiger partial charge in [0.15, 0.2) is 4.32 Å². The third-order valence-electron chi connectivity index (χ3n) is 3.44. The van der Waals surface area contributed by atoms with Crippen LogP contribution in [0.1, 0.15) is 21.5 Å². The molecule has 0 bridgehead atoms. The van der Waals surface area contributed by atoms with Crippen molar-refractivity contribution in [2.45, 2.75) is 6.92 Å². The second kappa shape index (κ2) is 7.01. The van der Waals surface area contributed by atoms with Gasteiger partial charge in [0.2, 0.25) is 0 Å². The highest BCUT2D eigenvalue weighted by Gasteiger charge is 2.37. The predicted octanol–water partition coefficient (Wildman–Crippen LogP) is 4.80. The van der Waals surface area contributed by atoms with Gasteiger partial charge >= 0.3 is 0 Å². The molecule has 120 valence electrons. The number of carbonyl (C=O) groups is 2. The van der Waals surface area contributed by atoms with Crippen LogP contribution < -0.4 is 0 Å². The van der Waals surface area contributed by atoms with Gasteiger partial charge in [-0.15, -0.1) is 0 Å². The Balaban J connectivity index is 1.89. The number of thioether (sulfide) groups is 1. The number of aryl methyl sites for hydroxylation is 1. The standard InChI is InChI=1S/C18H12BrNO2S2/c1-11-5-7-12(8-6-11)9-15-17(22)20(18(23)24-15)16(21)13-3-2-4-14(19)10-13/h2-10H,1H3. The lowest BCUT2D eigenvalue weighted by Gasteiger charge is -2.12. The van der Waals surface area contributed by atoms with Gasteiger partial charge < -0.3 is 0 Å². The van der Waals surface area contributed by atoms with Crippen molar-refractivity contribution in [3.8, 4) is 0 Å². The van der Waals surface area contributed by atoms with Crippen LogP contribution >= 0.6 is 39.9 Å². The summed E-state index contributed by atoms with van der Waals surface area (Å²) in [7, 11) is 0. The third-order valence-corrected chi connectivity index (χ3v) is 5.24. The van der Waals surface area contributed by atoms with Crippen LogP contribution in [0, 0.1) is 6.92 Å². The van der Waals surface area contributed by atoms with E-state index >= 15 is 0 Å². The van der Waals surface area contributed by atoms with Gasteiger partial charge in [0.05, 0.1) is 4.91 Å². The average Bonchev–Trinajstić information content (AvgIpc) is 2.83. The minimum absolute atomic E-state index is 0.253. The highest BCUT2D eigenvalue weighted by molar-refractivity contribution is 9.10. The molecule has 0 radical (unpaired) electrons. The van der Waals surface area contributed by atoms with Crippen LogP contribution in [0.2, 0.25) is 0 Å². The van der Waals surface area contributed by atoms with Crippen LogP contribution in [0.3, 0.4) is 0 Å². The van der Waals surface area contributed by atoms with E-state index in [4.69, 9.17) is 12.2 Å². The summed E-state index contributed by atoms with van der Waals surface area (Å²) in [6.45, 7) is 2.00. The zero-order valence-electron chi connectivity index (χ0n) is 12.7. The van der Waals surface area contributed by atoms with E-state index in [-0.39, 0.29) is 10.2 Å². The van der Waals surface area contributed by atoms with Gasteiger partial charge in [0.25, 0.3) is 11.8 Å². The zero-order chi connectivity index (χ0) is 17.3. The quantitative estimate of drug-likeness (QED) is 0.399. The van der Waals surface area contributed by atoms with Gasteiger partial charge in [-0.1, -0.05) is 75.8 Å². The van der Waals surface area contributed by atoms with Crippen molar-refractivity contribution in [3.63, 3.8) is 0 Å². The number of imide groups is 1. The average molecular weight is 418 g/mol. The van der Waals surface area contributed by atoms with Gasteiger partial charge in [-0.2, -0.15) is 0 Å². The van der Waals surface area contributed by atoms with Gasteiger partial charge in [-0.05, 0) is 36.8 Å². The minimum Gasteiger partial charge on any atom is -0.268 e. The molecule has 1 heterocycles. The summed E-state index contributed by atoms with van der Waals surface area (Å²) in [4.78, 5) is 26.7. The van der Waals surface area contributed by atoms with Crippen molar-refractivity contribution in [2.24, 2.45) is 0 Å². The molecule has 24 heavy (non-hydrogen) atoms. The van der Waals surface area contributed by atoms with Crippen molar-refractivity contribution in [2.75, 3.05) is 0 Å². The van der Waals surface area contributed by atoms with Crippen molar-refractivity contribution >= 4 is 62.1 Å². The maximum absolute atomic E-state index is 12.6. The molecule has 0 N–H and O–H groups in total. The lowest BCUT2D eigenvalue weighted by Crippen LogP contribution is -2.34. The molecule has 6 heteroatoms. The zero-order valence-corrected chi connectivity index (χ0v) is 15.9. The van der Waals surface area contributed by atoms with Crippen molar-refractivity contribution in [3.05, 3.63) is 74.6 Å². The van der Waals surface area contributed by atoms with Gasteiger partial charge in [-0.25, -0.2) is 4.90 Å². The van der Waals surface area contributed by atoms with Crippen molar-refractivity contribution in [1.29, 1.82) is 0 Å². The first-order chi connectivity index (χ1) is 11.5. The molecular weight excluding hydrogens is 406 g/mol. The maximum Gasteiger partial charge on any atom is 0.273 e. The number of thiocarbonyl (C=S) groups is 1. The number of halogens is 1. The Labute approximate surface area is 157 Å².